The monoisotopic (exact) mass is 334 g/mol. The average molecular weight is 335 g/mol. The molecule has 7 heteroatoms. The van der Waals surface area contributed by atoms with E-state index in [0.29, 0.717) is 6.42 Å². The minimum absolute atomic E-state index is 0.0453. The van der Waals surface area contributed by atoms with E-state index in [1.165, 1.54) is 0 Å². The molecule has 1 aliphatic carbocycles. The SMILES string of the molecule is CC1(C)O[C@H]2[C@H]3CC(OC(=O)CBr)(C[C@H]2O1)C(=O)O3. The van der Waals surface area contributed by atoms with Crippen molar-refractivity contribution < 1.29 is 28.5 Å². The number of carbonyl (C=O) groups excluding carboxylic acids is 2. The lowest BCUT2D eigenvalue weighted by molar-refractivity contribution is -0.180. The van der Waals surface area contributed by atoms with Gasteiger partial charge < -0.3 is 18.9 Å². The zero-order valence-corrected chi connectivity index (χ0v) is 12.3. The zero-order valence-electron chi connectivity index (χ0n) is 10.7. The second-order valence-corrected chi connectivity index (χ2v) is 6.15. The van der Waals surface area contributed by atoms with Gasteiger partial charge in [0, 0.05) is 12.8 Å². The third-order valence-corrected chi connectivity index (χ3v) is 4.16. The number of rotatable bonds is 2. The van der Waals surface area contributed by atoms with Crippen LogP contribution in [-0.4, -0.2) is 47.0 Å². The van der Waals surface area contributed by atoms with Gasteiger partial charge in [-0.05, 0) is 13.8 Å². The highest BCUT2D eigenvalue weighted by atomic mass is 79.9. The van der Waals surface area contributed by atoms with Crippen molar-refractivity contribution in [3.8, 4) is 0 Å². The molecule has 0 aromatic heterocycles. The third kappa shape index (κ3) is 2.08. The summed E-state index contributed by atoms with van der Waals surface area (Å²) in [6.07, 6.45) is -0.350. The molecular formula is C12H15BrO6. The van der Waals surface area contributed by atoms with Crippen LogP contribution in [0.5, 0.6) is 0 Å². The molecule has 2 heterocycles. The lowest BCUT2D eigenvalue weighted by atomic mass is 9.82. The van der Waals surface area contributed by atoms with E-state index < -0.39 is 29.4 Å². The molecule has 2 bridgehead atoms. The topological polar surface area (TPSA) is 71.1 Å². The minimum atomic E-state index is -1.21. The van der Waals surface area contributed by atoms with Crippen LogP contribution in [0.4, 0.5) is 0 Å². The minimum Gasteiger partial charge on any atom is -0.456 e. The fourth-order valence-corrected chi connectivity index (χ4v) is 3.19. The Kier molecular flexibility index (Phi) is 2.92. The van der Waals surface area contributed by atoms with E-state index in [9.17, 15) is 9.59 Å². The molecule has 2 aliphatic heterocycles. The molecule has 3 aliphatic rings. The van der Waals surface area contributed by atoms with Gasteiger partial charge in [-0.25, -0.2) is 4.79 Å². The molecule has 1 saturated carbocycles. The summed E-state index contributed by atoms with van der Waals surface area (Å²) < 4.78 is 22.1. The van der Waals surface area contributed by atoms with Crippen LogP contribution >= 0.6 is 15.9 Å². The maximum Gasteiger partial charge on any atom is 0.351 e. The van der Waals surface area contributed by atoms with Gasteiger partial charge in [-0.2, -0.15) is 0 Å². The molecule has 19 heavy (non-hydrogen) atoms. The highest BCUT2D eigenvalue weighted by Gasteiger charge is 2.65. The van der Waals surface area contributed by atoms with Gasteiger partial charge in [0.2, 0.25) is 5.60 Å². The van der Waals surface area contributed by atoms with Crippen LogP contribution in [0.1, 0.15) is 26.7 Å². The van der Waals surface area contributed by atoms with Gasteiger partial charge in [-0.1, -0.05) is 15.9 Å². The number of ether oxygens (including phenoxy) is 4. The van der Waals surface area contributed by atoms with Gasteiger partial charge in [0.25, 0.3) is 0 Å². The van der Waals surface area contributed by atoms with E-state index in [0.717, 1.165) is 0 Å². The van der Waals surface area contributed by atoms with Gasteiger partial charge in [-0.15, -0.1) is 0 Å². The van der Waals surface area contributed by atoms with Crippen molar-refractivity contribution in [1.82, 2.24) is 0 Å². The second kappa shape index (κ2) is 4.17. The molecule has 0 aromatic rings. The quantitative estimate of drug-likeness (QED) is 0.552. The number of halogens is 1. The van der Waals surface area contributed by atoms with Crippen LogP contribution in [0, 0.1) is 0 Å². The Hall–Kier alpha value is -0.660. The fraction of sp³-hybridized carbons (Fsp3) is 0.833. The summed E-state index contributed by atoms with van der Waals surface area (Å²) in [5.41, 5.74) is -1.21. The lowest BCUT2D eigenvalue weighted by Crippen LogP contribution is -2.49. The average Bonchev–Trinajstić information content (AvgIpc) is 2.75. The summed E-state index contributed by atoms with van der Waals surface area (Å²) in [5.74, 6) is -1.67. The molecule has 0 spiro atoms. The molecule has 4 atom stereocenters. The Labute approximate surface area is 118 Å². The maximum absolute atomic E-state index is 12.0. The summed E-state index contributed by atoms with van der Waals surface area (Å²) >= 11 is 3.02. The van der Waals surface area contributed by atoms with Crippen molar-refractivity contribution in [2.75, 3.05) is 5.33 Å². The van der Waals surface area contributed by atoms with Crippen molar-refractivity contribution in [2.45, 2.75) is 56.4 Å². The Morgan fingerprint density at radius 3 is 2.74 bits per heavy atom. The second-order valence-electron chi connectivity index (χ2n) is 5.59. The summed E-state index contributed by atoms with van der Waals surface area (Å²) in [6.45, 7) is 3.63. The standard InChI is InChI=1S/C12H15BrO6/c1-11(2)17-7-4-12(18-8(14)5-13)3-6(9(7)19-11)16-10(12)15/h6-7,9H,3-5H2,1-2H3/t6-,7-,9+,12?/m1/s1. The normalized spacial score (nSPS) is 42.7. The van der Waals surface area contributed by atoms with E-state index >= 15 is 0 Å². The first-order valence-electron chi connectivity index (χ1n) is 6.20. The van der Waals surface area contributed by atoms with E-state index in [2.05, 4.69) is 15.9 Å². The van der Waals surface area contributed by atoms with Crippen molar-refractivity contribution >= 4 is 27.9 Å². The number of hydrogen-bond acceptors (Lipinski definition) is 6. The molecule has 1 unspecified atom stereocenters. The molecular weight excluding hydrogens is 320 g/mol. The number of fused-ring (bicyclic) bond motifs is 4. The molecule has 0 radical (unpaired) electrons. The largest absolute Gasteiger partial charge is 0.456 e. The third-order valence-electron chi connectivity index (χ3n) is 3.70. The Balaban J connectivity index is 1.84. The molecule has 0 amide bonds. The van der Waals surface area contributed by atoms with E-state index in [1.807, 2.05) is 13.8 Å². The smallest absolute Gasteiger partial charge is 0.351 e. The number of esters is 2. The van der Waals surface area contributed by atoms with Crippen LogP contribution in [0.15, 0.2) is 0 Å². The molecule has 3 fully saturated rings. The first kappa shape index (κ1) is 13.3. The van der Waals surface area contributed by atoms with Crippen LogP contribution in [0.3, 0.4) is 0 Å². The van der Waals surface area contributed by atoms with Gasteiger partial charge in [0.15, 0.2) is 5.79 Å². The predicted molar refractivity (Wildman–Crippen MR) is 65.6 cm³/mol. The first-order chi connectivity index (χ1) is 8.85. The van der Waals surface area contributed by atoms with Gasteiger partial charge in [-0.3, -0.25) is 4.79 Å². The van der Waals surface area contributed by atoms with Gasteiger partial charge >= 0.3 is 11.9 Å². The summed E-state index contributed by atoms with van der Waals surface area (Å²) in [7, 11) is 0. The number of hydrogen-bond donors (Lipinski definition) is 0. The number of alkyl halides is 1. The van der Waals surface area contributed by atoms with Crippen LogP contribution < -0.4 is 0 Å². The van der Waals surface area contributed by atoms with Gasteiger partial charge in [0.1, 0.15) is 17.5 Å². The summed E-state index contributed by atoms with van der Waals surface area (Å²) in [6, 6.07) is 0. The Morgan fingerprint density at radius 1 is 1.37 bits per heavy atom. The predicted octanol–water partition coefficient (Wildman–Crippen LogP) is 0.903. The van der Waals surface area contributed by atoms with Crippen molar-refractivity contribution in [2.24, 2.45) is 0 Å². The van der Waals surface area contributed by atoms with Crippen LogP contribution in [0.2, 0.25) is 0 Å². The van der Waals surface area contributed by atoms with Crippen LogP contribution in [0.25, 0.3) is 0 Å². The molecule has 0 aromatic carbocycles. The van der Waals surface area contributed by atoms with Crippen molar-refractivity contribution in [3.05, 3.63) is 0 Å². The van der Waals surface area contributed by atoms with Crippen molar-refractivity contribution in [3.63, 3.8) is 0 Å². The molecule has 3 rings (SSSR count). The molecule has 2 saturated heterocycles. The van der Waals surface area contributed by atoms with Crippen molar-refractivity contribution in [1.29, 1.82) is 0 Å². The number of carbonyl (C=O) groups is 2. The molecule has 0 N–H and O–H groups in total. The highest BCUT2D eigenvalue weighted by molar-refractivity contribution is 9.09. The van der Waals surface area contributed by atoms with E-state index in [1.54, 1.807) is 0 Å². The maximum atomic E-state index is 12.0. The highest BCUT2D eigenvalue weighted by Crippen LogP contribution is 2.48. The molecule has 6 nitrogen and oxygen atoms in total. The fourth-order valence-electron chi connectivity index (χ4n) is 3.08. The molecule has 106 valence electrons. The Morgan fingerprint density at radius 2 is 2.05 bits per heavy atom. The van der Waals surface area contributed by atoms with E-state index in [4.69, 9.17) is 18.9 Å². The van der Waals surface area contributed by atoms with Crippen LogP contribution in [-0.2, 0) is 28.5 Å². The summed E-state index contributed by atoms with van der Waals surface area (Å²) in [5, 5.41) is 0.0453. The first-order valence-corrected chi connectivity index (χ1v) is 7.32. The van der Waals surface area contributed by atoms with Gasteiger partial charge in [0.05, 0.1) is 6.10 Å². The van der Waals surface area contributed by atoms with E-state index in [-0.39, 0.29) is 24.0 Å². The summed E-state index contributed by atoms with van der Waals surface area (Å²) in [4.78, 5) is 23.5. The Bertz CT molecular complexity index is 436. The lowest BCUT2D eigenvalue weighted by Gasteiger charge is -2.32. The zero-order chi connectivity index (χ0) is 13.8.